The third kappa shape index (κ3) is 3.95. The first-order chi connectivity index (χ1) is 13.6. The normalized spacial score (nSPS) is 10.8. The number of thiazole rings is 1. The van der Waals surface area contributed by atoms with E-state index in [9.17, 15) is 9.59 Å². The van der Waals surface area contributed by atoms with E-state index in [1.54, 1.807) is 23.5 Å². The average Bonchev–Trinajstić information content (AvgIpc) is 3.35. The fourth-order valence-corrected chi connectivity index (χ4v) is 4.56. The van der Waals surface area contributed by atoms with Gasteiger partial charge >= 0.3 is 5.97 Å². The van der Waals surface area contributed by atoms with Gasteiger partial charge in [-0.2, -0.15) is 0 Å². The van der Waals surface area contributed by atoms with Crippen molar-refractivity contribution in [3.8, 4) is 9.88 Å². The summed E-state index contributed by atoms with van der Waals surface area (Å²) in [5.41, 5.74) is 2.59. The summed E-state index contributed by atoms with van der Waals surface area (Å²) in [6, 6.07) is 18.9. The number of nitrogens with zero attached hydrogens (tertiary/aromatic N) is 1. The molecule has 1 N–H and O–H groups in total. The SMILES string of the molecule is Cc1ccccc1NC(=O)COC(=O)c1ccc(-c2nc3ccccc3s2)s1. The number of nitrogens with one attached hydrogen (secondary N) is 1. The standard InChI is InChI=1S/C21H16N2O3S2/c1-13-6-2-3-7-14(13)22-19(24)12-26-21(25)18-11-10-17(27-18)20-23-15-8-4-5-9-16(15)28-20/h2-11H,12H2,1H3,(H,22,24). The molecule has 7 heteroatoms. The molecule has 0 spiro atoms. The molecule has 140 valence electrons. The minimum absolute atomic E-state index is 0.332. The Bertz CT molecular complexity index is 1130. The summed E-state index contributed by atoms with van der Waals surface area (Å²) in [4.78, 5) is 30.3. The maximum absolute atomic E-state index is 12.3. The first kappa shape index (κ1) is 18.3. The summed E-state index contributed by atoms with van der Waals surface area (Å²) in [5, 5.41) is 3.61. The van der Waals surface area contributed by atoms with Crippen LogP contribution >= 0.6 is 22.7 Å². The predicted octanol–water partition coefficient (Wildman–Crippen LogP) is 5.13. The topological polar surface area (TPSA) is 68.3 Å². The number of ether oxygens (including phenoxy) is 1. The Morgan fingerprint density at radius 1 is 1.00 bits per heavy atom. The van der Waals surface area contributed by atoms with E-state index >= 15 is 0 Å². The van der Waals surface area contributed by atoms with E-state index in [0.717, 1.165) is 25.7 Å². The number of fused-ring (bicyclic) bond motifs is 1. The lowest BCUT2D eigenvalue weighted by molar-refractivity contribution is -0.119. The van der Waals surface area contributed by atoms with Gasteiger partial charge in [-0.15, -0.1) is 22.7 Å². The van der Waals surface area contributed by atoms with Crippen molar-refractivity contribution in [2.75, 3.05) is 11.9 Å². The molecule has 2 aromatic carbocycles. The van der Waals surface area contributed by atoms with Crippen LogP contribution in [-0.2, 0) is 9.53 Å². The van der Waals surface area contributed by atoms with E-state index < -0.39 is 5.97 Å². The summed E-state index contributed by atoms with van der Waals surface area (Å²) in [6.07, 6.45) is 0. The third-order valence-corrected chi connectivity index (χ3v) is 6.34. The average molecular weight is 409 g/mol. The van der Waals surface area contributed by atoms with Crippen LogP contribution in [0.3, 0.4) is 0 Å². The number of para-hydroxylation sites is 2. The number of hydrogen-bond donors (Lipinski definition) is 1. The zero-order valence-corrected chi connectivity index (χ0v) is 16.6. The number of rotatable bonds is 5. The molecule has 28 heavy (non-hydrogen) atoms. The van der Waals surface area contributed by atoms with E-state index in [2.05, 4.69) is 10.3 Å². The number of aromatic nitrogens is 1. The number of carbonyl (C=O) groups is 2. The molecule has 2 heterocycles. The van der Waals surface area contributed by atoms with Crippen molar-refractivity contribution in [2.24, 2.45) is 0 Å². The van der Waals surface area contributed by atoms with Crippen molar-refractivity contribution in [2.45, 2.75) is 6.92 Å². The summed E-state index contributed by atoms with van der Waals surface area (Å²) in [5.74, 6) is -0.886. The van der Waals surface area contributed by atoms with Crippen LogP contribution in [0.2, 0.25) is 0 Å². The van der Waals surface area contributed by atoms with Crippen LogP contribution in [-0.4, -0.2) is 23.5 Å². The van der Waals surface area contributed by atoms with Crippen molar-refractivity contribution in [1.82, 2.24) is 4.98 Å². The maximum atomic E-state index is 12.3. The van der Waals surface area contributed by atoms with Crippen molar-refractivity contribution >= 4 is 50.5 Å². The fraction of sp³-hybridized carbons (Fsp3) is 0.0952. The fourth-order valence-electron chi connectivity index (χ4n) is 2.64. The van der Waals surface area contributed by atoms with Gasteiger partial charge in [0.25, 0.3) is 5.91 Å². The van der Waals surface area contributed by atoms with Gasteiger partial charge in [0.15, 0.2) is 6.61 Å². The van der Waals surface area contributed by atoms with Crippen molar-refractivity contribution in [3.05, 3.63) is 71.1 Å². The summed E-state index contributed by atoms with van der Waals surface area (Å²) in [6.45, 7) is 1.57. The zero-order valence-electron chi connectivity index (χ0n) is 15.0. The van der Waals surface area contributed by atoms with E-state index in [1.165, 1.54) is 11.3 Å². The zero-order chi connectivity index (χ0) is 19.5. The van der Waals surface area contributed by atoms with Gasteiger partial charge in [-0.25, -0.2) is 9.78 Å². The molecule has 0 radical (unpaired) electrons. The molecule has 0 aliphatic heterocycles. The van der Waals surface area contributed by atoms with Crippen molar-refractivity contribution in [3.63, 3.8) is 0 Å². The quantitative estimate of drug-likeness (QED) is 0.465. The van der Waals surface area contributed by atoms with Crippen LogP contribution in [0.15, 0.2) is 60.7 Å². The third-order valence-electron chi connectivity index (χ3n) is 4.07. The van der Waals surface area contributed by atoms with Gasteiger partial charge in [0.2, 0.25) is 0 Å². The molecule has 2 aromatic heterocycles. The van der Waals surface area contributed by atoms with Crippen LogP contribution in [0.4, 0.5) is 5.69 Å². The Balaban J connectivity index is 1.39. The van der Waals surface area contributed by atoms with Gasteiger partial charge in [0.05, 0.1) is 15.1 Å². The molecular weight excluding hydrogens is 392 g/mol. The summed E-state index contributed by atoms with van der Waals surface area (Å²) >= 11 is 2.89. The molecule has 0 saturated carbocycles. The Morgan fingerprint density at radius 2 is 1.79 bits per heavy atom. The summed E-state index contributed by atoms with van der Waals surface area (Å²) < 4.78 is 6.25. The monoisotopic (exact) mass is 408 g/mol. The smallest absolute Gasteiger partial charge is 0.348 e. The minimum atomic E-state index is -0.516. The van der Waals surface area contributed by atoms with Crippen molar-refractivity contribution < 1.29 is 14.3 Å². The second-order valence-corrected chi connectivity index (χ2v) is 8.20. The number of carbonyl (C=O) groups excluding carboxylic acids is 2. The molecular formula is C21H16N2O3S2. The van der Waals surface area contributed by atoms with Crippen molar-refractivity contribution in [1.29, 1.82) is 0 Å². The Hall–Kier alpha value is -3.03. The van der Waals surface area contributed by atoms with Gasteiger partial charge in [-0.3, -0.25) is 4.79 Å². The van der Waals surface area contributed by atoms with Gasteiger partial charge < -0.3 is 10.1 Å². The first-order valence-electron chi connectivity index (χ1n) is 8.58. The molecule has 0 atom stereocenters. The van der Waals surface area contributed by atoms with Crippen LogP contribution in [0, 0.1) is 6.92 Å². The first-order valence-corrected chi connectivity index (χ1v) is 10.2. The Kier molecular flexibility index (Phi) is 5.18. The van der Waals surface area contributed by atoms with Crippen LogP contribution in [0.5, 0.6) is 0 Å². The van der Waals surface area contributed by atoms with Gasteiger partial charge in [0.1, 0.15) is 9.88 Å². The molecule has 1 amide bonds. The number of amides is 1. The van der Waals surface area contributed by atoms with Gasteiger partial charge in [-0.1, -0.05) is 30.3 Å². The highest BCUT2D eigenvalue weighted by Crippen LogP contribution is 2.34. The second-order valence-electron chi connectivity index (χ2n) is 6.09. The molecule has 4 rings (SSSR count). The number of aryl methyl sites for hydroxylation is 1. The molecule has 0 aliphatic rings. The molecule has 0 saturated heterocycles. The molecule has 0 fully saturated rings. The van der Waals surface area contributed by atoms with Crippen LogP contribution in [0.25, 0.3) is 20.1 Å². The maximum Gasteiger partial charge on any atom is 0.348 e. The second kappa shape index (κ2) is 7.92. The molecule has 4 aromatic rings. The highest BCUT2D eigenvalue weighted by Gasteiger charge is 2.16. The number of thiophene rings is 1. The van der Waals surface area contributed by atoms with Crippen LogP contribution < -0.4 is 5.32 Å². The Labute approximate surface area is 169 Å². The van der Waals surface area contributed by atoms with Crippen LogP contribution in [0.1, 0.15) is 15.2 Å². The Morgan fingerprint density at radius 3 is 2.61 bits per heavy atom. The molecule has 0 unspecified atom stereocenters. The van der Waals surface area contributed by atoms with E-state index in [1.807, 2.05) is 55.5 Å². The largest absolute Gasteiger partial charge is 0.451 e. The number of anilines is 1. The lowest BCUT2D eigenvalue weighted by Crippen LogP contribution is -2.21. The molecule has 0 bridgehead atoms. The highest BCUT2D eigenvalue weighted by molar-refractivity contribution is 7.26. The van der Waals surface area contributed by atoms with Gasteiger partial charge in [0, 0.05) is 5.69 Å². The number of hydrogen-bond acceptors (Lipinski definition) is 6. The molecule has 0 aliphatic carbocycles. The van der Waals surface area contributed by atoms with E-state index in [0.29, 0.717) is 10.6 Å². The minimum Gasteiger partial charge on any atom is -0.451 e. The molecule has 5 nitrogen and oxygen atoms in total. The number of esters is 1. The van der Waals surface area contributed by atoms with E-state index in [4.69, 9.17) is 4.74 Å². The highest BCUT2D eigenvalue weighted by atomic mass is 32.1. The van der Waals surface area contributed by atoms with E-state index in [-0.39, 0.29) is 12.5 Å². The predicted molar refractivity (Wildman–Crippen MR) is 113 cm³/mol. The lowest BCUT2D eigenvalue weighted by Gasteiger charge is -2.08. The number of benzene rings is 2. The van der Waals surface area contributed by atoms with Gasteiger partial charge in [-0.05, 0) is 42.8 Å². The summed E-state index contributed by atoms with van der Waals surface area (Å²) in [7, 11) is 0. The lowest BCUT2D eigenvalue weighted by atomic mass is 10.2.